The lowest BCUT2D eigenvalue weighted by Crippen LogP contribution is -2.20. The third-order valence-corrected chi connectivity index (χ3v) is 2.40. The van der Waals surface area contributed by atoms with Gasteiger partial charge in [-0.25, -0.2) is 0 Å². The summed E-state index contributed by atoms with van der Waals surface area (Å²) in [5.74, 6) is 1.03. The number of methoxy groups -OCH3 is 1. The van der Waals surface area contributed by atoms with Crippen molar-refractivity contribution >= 4 is 0 Å². The number of hydrogen-bond donors (Lipinski definition) is 2. The highest BCUT2D eigenvalue weighted by Crippen LogP contribution is 2.43. The molecule has 1 aliphatic rings. The van der Waals surface area contributed by atoms with Gasteiger partial charge in [0.1, 0.15) is 0 Å². The van der Waals surface area contributed by atoms with Gasteiger partial charge in [-0.1, -0.05) is 0 Å². The molecule has 76 valence electrons. The van der Waals surface area contributed by atoms with Gasteiger partial charge in [0, 0.05) is 18.0 Å². The lowest BCUT2D eigenvalue weighted by molar-refractivity contribution is 0.248. The molecular weight excluding hydrogens is 182 g/mol. The van der Waals surface area contributed by atoms with Crippen LogP contribution in [0.25, 0.3) is 0 Å². The van der Waals surface area contributed by atoms with Crippen molar-refractivity contribution in [3.63, 3.8) is 0 Å². The molecule has 14 heavy (non-hydrogen) atoms. The molecule has 0 spiro atoms. The average molecular weight is 195 g/mol. The molecule has 0 amide bonds. The average Bonchev–Trinajstić information content (AvgIpc) is 2.18. The van der Waals surface area contributed by atoms with E-state index in [9.17, 15) is 5.11 Å². The maximum atomic E-state index is 9.51. The van der Waals surface area contributed by atoms with Gasteiger partial charge in [0.15, 0.2) is 11.5 Å². The van der Waals surface area contributed by atoms with Crippen molar-refractivity contribution in [2.45, 2.75) is 12.5 Å². The largest absolute Gasteiger partial charge is 0.504 e. The number of phenols is 1. The van der Waals surface area contributed by atoms with E-state index in [1.165, 1.54) is 7.11 Å². The van der Waals surface area contributed by atoms with Crippen molar-refractivity contribution in [3.8, 4) is 17.2 Å². The molecule has 1 heterocycles. The predicted molar refractivity (Wildman–Crippen MR) is 51.7 cm³/mol. The van der Waals surface area contributed by atoms with Gasteiger partial charge in [-0.3, -0.25) is 0 Å². The van der Waals surface area contributed by atoms with Gasteiger partial charge in [0.25, 0.3) is 0 Å². The van der Waals surface area contributed by atoms with Gasteiger partial charge in [-0.2, -0.15) is 0 Å². The summed E-state index contributed by atoms with van der Waals surface area (Å²) in [6.07, 6.45) is 0.793. The molecule has 4 nitrogen and oxygen atoms in total. The summed E-state index contributed by atoms with van der Waals surface area (Å²) in [6.45, 7) is 0.563. The van der Waals surface area contributed by atoms with Crippen molar-refractivity contribution in [1.82, 2.24) is 0 Å². The molecule has 1 aromatic rings. The van der Waals surface area contributed by atoms with E-state index in [0.717, 1.165) is 12.0 Å². The normalized spacial score (nSPS) is 19.7. The molecule has 1 aliphatic heterocycles. The number of nitrogens with two attached hydrogens (primary N) is 1. The van der Waals surface area contributed by atoms with E-state index in [0.29, 0.717) is 18.1 Å². The summed E-state index contributed by atoms with van der Waals surface area (Å²) in [7, 11) is 1.50. The highest BCUT2D eigenvalue weighted by atomic mass is 16.5. The van der Waals surface area contributed by atoms with Crippen LogP contribution in [0, 0.1) is 0 Å². The fourth-order valence-electron chi connectivity index (χ4n) is 1.65. The van der Waals surface area contributed by atoms with E-state index in [1.54, 1.807) is 12.1 Å². The van der Waals surface area contributed by atoms with Crippen LogP contribution in [0.5, 0.6) is 17.2 Å². The summed E-state index contributed by atoms with van der Waals surface area (Å²) >= 11 is 0. The highest BCUT2D eigenvalue weighted by molar-refractivity contribution is 5.56. The molecule has 4 heteroatoms. The first-order valence-electron chi connectivity index (χ1n) is 4.52. The van der Waals surface area contributed by atoms with Crippen LogP contribution in [0.15, 0.2) is 12.1 Å². The number of ether oxygens (including phenoxy) is 2. The zero-order valence-electron chi connectivity index (χ0n) is 7.99. The van der Waals surface area contributed by atoms with E-state index in [2.05, 4.69) is 0 Å². The second-order valence-corrected chi connectivity index (χ2v) is 3.28. The molecule has 3 N–H and O–H groups in total. The summed E-state index contributed by atoms with van der Waals surface area (Å²) in [5.41, 5.74) is 6.80. The minimum atomic E-state index is -0.0340. The van der Waals surface area contributed by atoms with Gasteiger partial charge in [0.2, 0.25) is 5.75 Å². The SMILES string of the molecule is COc1c(O)ccc2c1OCCC2N. The second kappa shape index (κ2) is 3.38. The molecule has 1 atom stereocenters. The molecule has 0 saturated carbocycles. The predicted octanol–water partition coefficient (Wildman–Crippen LogP) is 1.18. The topological polar surface area (TPSA) is 64.7 Å². The van der Waals surface area contributed by atoms with Gasteiger partial charge >= 0.3 is 0 Å². The van der Waals surface area contributed by atoms with Crippen molar-refractivity contribution in [2.75, 3.05) is 13.7 Å². The standard InChI is InChI=1S/C10H13NO3/c1-13-10-8(12)3-2-6-7(11)4-5-14-9(6)10/h2-3,7,12H,4-5,11H2,1H3. The minimum Gasteiger partial charge on any atom is -0.504 e. The molecule has 2 rings (SSSR count). The molecule has 0 aromatic heterocycles. The van der Waals surface area contributed by atoms with E-state index >= 15 is 0 Å². The number of aromatic hydroxyl groups is 1. The molecule has 0 saturated heterocycles. The van der Waals surface area contributed by atoms with E-state index in [1.807, 2.05) is 0 Å². The van der Waals surface area contributed by atoms with Crippen LogP contribution in [0.1, 0.15) is 18.0 Å². The molecule has 0 bridgehead atoms. The zero-order chi connectivity index (χ0) is 10.1. The monoisotopic (exact) mass is 195 g/mol. The Labute approximate surface area is 82.2 Å². The molecule has 0 radical (unpaired) electrons. The first-order valence-corrected chi connectivity index (χ1v) is 4.52. The van der Waals surface area contributed by atoms with Crippen LogP contribution in [0.4, 0.5) is 0 Å². The van der Waals surface area contributed by atoms with Crippen LogP contribution in [0.2, 0.25) is 0 Å². The Bertz CT molecular complexity index is 351. The van der Waals surface area contributed by atoms with Crippen LogP contribution in [0.3, 0.4) is 0 Å². The molecule has 0 fully saturated rings. The maximum absolute atomic E-state index is 9.51. The fourth-order valence-corrected chi connectivity index (χ4v) is 1.65. The summed E-state index contributed by atoms with van der Waals surface area (Å²) in [6, 6.07) is 3.32. The number of rotatable bonds is 1. The van der Waals surface area contributed by atoms with Crippen molar-refractivity contribution in [1.29, 1.82) is 0 Å². The number of fused-ring (bicyclic) bond motifs is 1. The minimum absolute atomic E-state index is 0.0340. The maximum Gasteiger partial charge on any atom is 0.203 e. The van der Waals surface area contributed by atoms with Crippen LogP contribution >= 0.6 is 0 Å². The molecule has 1 unspecified atom stereocenters. The van der Waals surface area contributed by atoms with Crippen LogP contribution in [-0.2, 0) is 0 Å². The number of phenolic OH excluding ortho intramolecular Hbond substituents is 1. The molecule has 1 aromatic carbocycles. The summed E-state index contributed by atoms with van der Waals surface area (Å²) < 4.78 is 10.5. The highest BCUT2D eigenvalue weighted by Gasteiger charge is 2.23. The van der Waals surface area contributed by atoms with Crippen LogP contribution < -0.4 is 15.2 Å². The van der Waals surface area contributed by atoms with Gasteiger partial charge < -0.3 is 20.3 Å². The summed E-state index contributed by atoms with van der Waals surface area (Å²) in [5, 5.41) is 9.51. The lowest BCUT2D eigenvalue weighted by atomic mass is 10.0. The molecular formula is C10H13NO3. The Kier molecular flexibility index (Phi) is 2.21. The van der Waals surface area contributed by atoms with Gasteiger partial charge in [-0.05, 0) is 12.1 Å². The number of benzene rings is 1. The third-order valence-electron chi connectivity index (χ3n) is 2.40. The third kappa shape index (κ3) is 1.28. The Morgan fingerprint density at radius 2 is 2.36 bits per heavy atom. The van der Waals surface area contributed by atoms with Crippen molar-refractivity contribution in [3.05, 3.63) is 17.7 Å². The van der Waals surface area contributed by atoms with Gasteiger partial charge in [0.05, 0.1) is 13.7 Å². The second-order valence-electron chi connectivity index (χ2n) is 3.28. The first-order chi connectivity index (χ1) is 6.74. The lowest BCUT2D eigenvalue weighted by Gasteiger charge is -2.24. The van der Waals surface area contributed by atoms with Gasteiger partial charge in [-0.15, -0.1) is 0 Å². The first kappa shape index (κ1) is 9.15. The molecule has 0 aliphatic carbocycles. The van der Waals surface area contributed by atoms with Crippen LogP contribution in [-0.4, -0.2) is 18.8 Å². The van der Waals surface area contributed by atoms with E-state index in [4.69, 9.17) is 15.2 Å². The Balaban J connectivity index is 2.55. The zero-order valence-corrected chi connectivity index (χ0v) is 7.99. The Morgan fingerprint density at radius 1 is 1.57 bits per heavy atom. The number of hydrogen-bond acceptors (Lipinski definition) is 4. The fraction of sp³-hybridized carbons (Fsp3) is 0.400. The van der Waals surface area contributed by atoms with Crippen molar-refractivity contribution < 1.29 is 14.6 Å². The quantitative estimate of drug-likeness (QED) is 0.706. The Morgan fingerprint density at radius 3 is 3.07 bits per heavy atom. The Hall–Kier alpha value is -1.42. The van der Waals surface area contributed by atoms with Crippen molar-refractivity contribution in [2.24, 2.45) is 5.73 Å². The summed E-state index contributed by atoms with van der Waals surface area (Å²) in [4.78, 5) is 0. The van der Waals surface area contributed by atoms with E-state index < -0.39 is 0 Å². The smallest absolute Gasteiger partial charge is 0.203 e. The van der Waals surface area contributed by atoms with E-state index in [-0.39, 0.29) is 11.8 Å².